The quantitative estimate of drug-likeness (QED) is 0.457. The molecule has 0 unspecified atom stereocenters. The first-order valence-corrected chi connectivity index (χ1v) is 6.35. The predicted molar refractivity (Wildman–Crippen MR) is 75.1 cm³/mol. The molecule has 1 aromatic rings. The zero-order valence-electron chi connectivity index (χ0n) is 11.8. The van der Waals surface area contributed by atoms with E-state index in [4.69, 9.17) is 11.6 Å². The molecular formula is C14H21ClO3. The van der Waals surface area contributed by atoms with E-state index in [1.54, 1.807) is 13.0 Å². The van der Waals surface area contributed by atoms with Crippen molar-refractivity contribution in [2.45, 2.75) is 41.5 Å². The van der Waals surface area contributed by atoms with Crippen molar-refractivity contribution in [1.29, 1.82) is 0 Å². The number of halogens is 1. The van der Waals surface area contributed by atoms with E-state index in [0.29, 0.717) is 10.6 Å². The minimum Gasteiger partial charge on any atom is -0.392 e. The molecule has 0 aliphatic heterocycles. The fourth-order valence-electron chi connectivity index (χ4n) is 1.15. The highest BCUT2D eigenvalue weighted by Gasteiger charge is 2.12. The van der Waals surface area contributed by atoms with Gasteiger partial charge >= 0.3 is 12.4 Å². The highest BCUT2D eigenvalue weighted by Crippen LogP contribution is 2.20. The summed E-state index contributed by atoms with van der Waals surface area (Å²) in [5.41, 5.74) is 1.93. The van der Waals surface area contributed by atoms with Gasteiger partial charge in [0.05, 0.1) is 5.56 Å². The molecule has 0 atom stereocenters. The zero-order chi connectivity index (χ0) is 14.7. The number of hydrogen-bond acceptors (Lipinski definition) is 3. The van der Waals surface area contributed by atoms with Crippen molar-refractivity contribution in [2.24, 2.45) is 0 Å². The number of esters is 1. The monoisotopic (exact) mass is 272 g/mol. The topological polar surface area (TPSA) is 43.4 Å². The molecule has 0 radical (unpaired) electrons. The lowest BCUT2D eigenvalue weighted by molar-refractivity contribution is -0.123. The van der Waals surface area contributed by atoms with Gasteiger partial charge in [-0.1, -0.05) is 45.4 Å². The Balaban J connectivity index is 0. The average Bonchev–Trinajstić information content (AvgIpc) is 2.39. The van der Waals surface area contributed by atoms with Gasteiger partial charge in [-0.25, -0.2) is 4.79 Å². The van der Waals surface area contributed by atoms with Gasteiger partial charge in [-0.05, 0) is 31.0 Å². The molecule has 0 saturated carbocycles. The number of ether oxygens (including phenoxy) is 1. The molecule has 102 valence electrons. The molecule has 3 nitrogen and oxygen atoms in total. The first kappa shape index (κ1) is 19.0. The summed E-state index contributed by atoms with van der Waals surface area (Å²) in [7, 11) is 0. The Morgan fingerprint density at radius 2 is 1.61 bits per heavy atom. The summed E-state index contributed by atoms with van der Waals surface area (Å²) in [5.74, 6) is -0.681. The van der Waals surface area contributed by atoms with Gasteiger partial charge < -0.3 is 4.74 Å². The first-order chi connectivity index (χ1) is 8.56. The Hall–Kier alpha value is -1.35. The molecule has 0 heterocycles. The van der Waals surface area contributed by atoms with Gasteiger partial charge in [-0.15, -0.1) is 0 Å². The average molecular weight is 273 g/mol. The summed E-state index contributed by atoms with van der Waals surface area (Å²) in [5, 5.41) is 0.480. The molecule has 0 spiro atoms. The van der Waals surface area contributed by atoms with Crippen LogP contribution in [0.3, 0.4) is 0 Å². The molecule has 0 fully saturated rings. The van der Waals surface area contributed by atoms with Gasteiger partial charge in [0, 0.05) is 5.02 Å². The van der Waals surface area contributed by atoms with Gasteiger partial charge in [0.25, 0.3) is 0 Å². The number of carbonyl (C=O) groups excluding carboxylic acids is 2. The lowest BCUT2D eigenvalue weighted by Crippen LogP contribution is -2.06. The van der Waals surface area contributed by atoms with Gasteiger partial charge in [0.15, 0.2) is 0 Å². The highest BCUT2D eigenvalue weighted by molar-refractivity contribution is 6.31. The summed E-state index contributed by atoms with van der Waals surface area (Å²) < 4.78 is 4.23. The van der Waals surface area contributed by atoms with E-state index in [2.05, 4.69) is 4.74 Å². The van der Waals surface area contributed by atoms with Crippen molar-refractivity contribution in [3.63, 3.8) is 0 Å². The van der Waals surface area contributed by atoms with Gasteiger partial charge in [-0.3, -0.25) is 4.79 Å². The Morgan fingerprint density at radius 3 is 2.06 bits per heavy atom. The number of rotatable bonds is 2. The Bertz CT molecular complexity index is 387. The van der Waals surface area contributed by atoms with Crippen LogP contribution in [0.5, 0.6) is 0 Å². The molecule has 18 heavy (non-hydrogen) atoms. The van der Waals surface area contributed by atoms with Gasteiger partial charge in [-0.2, -0.15) is 0 Å². The number of carbonyl (C=O) groups is 2. The van der Waals surface area contributed by atoms with Crippen molar-refractivity contribution in [3.8, 4) is 0 Å². The molecule has 1 rings (SSSR count). The third kappa shape index (κ3) is 5.82. The minimum atomic E-state index is -0.681. The van der Waals surface area contributed by atoms with Crippen molar-refractivity contribution in [2.75, 3.05) is 0 Å². The van der Waals surface area contributed by atoms with Crippen LogP contribution in [0, 0.1) is 13.8 Å². The van der Waals surface area contributed by atoms with Gasteiger partial charge in [0.1, 0.15) is 0 Å². The van der Waals surface area contributed by atoms with Crippen molar-refractivity contribution >= 4 is 24.0 Å². The van der Waals surface area contributed by atoms with Crippen LogP contribution in [0.4, 0.5) is 0 Å². The van der Waals surface area contributed by atoms with Crippen LogP contribution in [0.2, 0.25) is 5.02 Å². The number of benzene rings is 1. The largest absolute Gasteiger partial charge is 0.392 e. The molecule has 0 saturated heterocycles. The van der Waals surface area contributed by atoms with E-state index in [0.717, 1.165) is 11.1 Å². The molecule has 0 aliphatic rings. The van der Waals surface area contributed by atoms with Crippen LogP contribution >= 0.6 is 11.6 Å². The lowest BCUT2D eigenvalue weighted by atomic mass is 10.1. The summed E-state index contributed by atoms with van der Waals surface area (Å²) in [6.07, 6.45) is 0. The molecule has 4 heteroatoms. The molecular weight excluding hydrogens is 252 g/mol. The molecule has 1 aromatic carbocycles. The number of aryl methyl sites for hydroxylation is 2. The van der Waals surface area contributed by atoms with Crippen molar-refractivity contribution < 1.29 is 14.3 Å². The molecule has 0 N–H and O–H groups in total. The van der Waals surface area contributed by atoms with Crippen molar-refractivity contribution in [1.82, 2.24) is 0 Å². The second kappa shape index (κ2) is 10.8. The highest BCUT2D eigenvalue weighted by atomic mass is 35.5. The van der Waals surface area contributed by atoms with Crippen LogP contribution in [0.1, 0.15) is 49.2 Å². The smallest absolute Gasteiger partial charge is 0.345 e. The van der Waals surface area contributed by atoms with Crippen LogP contribution < -0.4 is 0 Å². The van der Waals surface area contributed by atoms with E-state index in [1.165, 1.54) is 6.07 Å². The summed E-state index contributed by atoms with van der Waals surface area (Å²) >= 11 is 5.83. The maximum absolute atomic E-state index is 11.2. The molecule has 0 aliphatic carbocycles. The van der Waals surface area contributed by atoms with Crippen LogP contribution in [0.15, 0.2) is 12.1 Å². The minimum absolute atomic E-state index is 0.107. The normalized spacial score (nSPS) is 8.17. The van der Waals surface area contributed by atoms with E-state index in [-0.39, 0.29) is 6.47 Å². The van der Waals surface area contributed by atoms with Crippen molar-refractivity contribution in [3.05, 3.63) is 33.8 Å². The van der Waals surface area contributed by atoms with Gasteiger partial charge in [0.2, 0.25) is 0 Å². The first-order valence-electron chi connectivity index (χ1n) is 5.97. The second-order valence-electron chi connectivity index (χ2n) is 2.92. The summed E-state index contributed by atoms with van der Waals surface area (Å²) in [6, 6.07) is 3.27. The lowest BCUT2D eigenvalue weighted by Gasteiger charge is -2.05. The zero-order valence-corrected chi connectivity index (χ0v) is 12.6. The summed E-state index contributed by atoms with van der Waals surface area (Å²) in [6.45, 7) is 11.7. The Morgan fingerprint density at radius 1 is 1.11 bits per heavy atom. The fraction of sp³-hybridized carbons (Fsp3) is 0.429. The maximum Gasteiger partial charge on any atom is 0.345 e. The fourth-order valence-corrected chi connectivity index (χ4v) is 1.32. The van der Waals surface area contributed by atoms with E-state index in [9.17, 15) is 9.59 Å². The second-order valence-corrected chi connectivity index (χ2v) is 3.33. The summed E-state index contributed by atoms with van der Waals surface area (Å²) in [4.78, 5) is 21.2. The van der Waals surface area contributed by atoms with Crippen LogP contribution in [-0.2, 0) is 9.53 Å². The van der Waals surface area contributed by atoms with E-state index in [1.807, 2.05) is 34.6 Å². The van der Waals surface area contributed by atoms with Crippen LogP contribution in [-0.4, -0.2) is 12.4 Å². The van der Waals surface area contributed by atoms with E-state index < -0.39 is 5.97 Å². The third-order valence-electron chi connectivity index (χ3n) is 1.88. The van der Waals surface area contributed by atoms with E-state index >= 15 is 0 Å². The Labute approximate surface area is 114 Å². The Kier molecular flexibility index (Phi) is 11.4. The third-order valence-corrected chi connectivity index (χ3v) is 2.29. The molecule has 0 amide bonds. The maximum atomic E-state index is 11.2. The number of hydrogen-bond donors (Lipinski definition) is 0. The van der Waals surface area contributed by atoms with Crippen LogP contribution in [0.25, 0.3) is 0 Å². The molecule has 0 bridgehead atoms. The molecule has 0 aromatic heterocycles. The SMILES string of the molecule is CC.CC.Cc1cc(C)c(C(=O)OC=O)cc1Cl. The standard InChI is InChI=1S/C10H9ClO3.2C2H6/c1-6-3-7(2)9(11)4-8(6)10(13)14-5-12;2*1-2/h3-5H,1-2H3;2*1-2H3. The predicted octanol–water partition coefficient (Wildman–Crippen LogP) is 4.32.